The van der Waals surface area contributed by atoms with Crippen LogP contribution >= 0.6 is 0 Å². The van der Waals surface area contributed by atoms with Gasteiger partial charge in [-0.2, -0.15) is 0 Å². The lowest BCUT2D eigenvalue weighted by Crippen LogP contribution is -2.37. The summed E-state index contributed by atoms with van der Waals surface area (Å²) in [5, 5.41) is 0. The van der Waals surface area contributed by atoms with Gasteiger partial charge in [0, 0.05) is 23.6 Å². The van der Waals surface area contributed by atoms with Crippen LogP contribution in [0.5, 0.6) is 5.75 Å². The van der Waals surface area contributed by atoms with E-state index >= 15 is 0 Å². The number of nitrogens with zero attached hydrogens (tertiary/aromatic N) is 2. The second-order valence-electron chi connectivity index (χ2n) is 12.1. The number of ether oxygens (including phenoxy) is 4. The summed E-state index contributed by atoms with van der Waals surface area (Å²) in [5.41, 5.74) is 6.25. The van der Waals surface area contributed by atoms with Gasteiger partial charge in [0.15, 0.2) is 0 Å². The number of allylic oxidation sites excluding steroid dienone is 1. The number of esters is 1. The van der Waals surface area contributed by atoms with Gasteiger partial charge in [-0.05, 0) is 41.7 Å². The average Bonchev–Trinajstić information content (AvgIpc) is 3.75. The van der Waals surface area contributed by atoms with Crippen LogP contribution in [0.25, 0.3) is 11.1 Å². The molecule has 252 valence electrons. The lowest BCUT2D eigenvalue weighted by molar-refractivity contribution is -0.140. The highest BCUT2D eigenvalue weighted by molar-refractivity contribution is 6.01. The topological polar surface area (TPSA) is 86.7 Å². The molecular weight excluding hydrogens is 616 g/mol. The molecular formula is C41H42N2O6. The Morgan fingerprint density at radius 1 is 0.837 bits per heavy atom. The number of fused-ring (bicyclic) bond motifs is 3. The van der Waals surface area contributed by atoms with Crippen molar-refractivity contribution in [1.82, 2.24) is 4.90 Å². The zero-order valence-corrected chi connectivity index (χ0v) is 28.3. The van der Waals surface area contributed by atoms with Crippen LogP contribution in [0.2, 0.25) is 0 Å². The van der Waals surface area contributed by atoms with Crippen LogP contribution in [0.15, 0.2) is 119 Å². The van der Waals surface area contributed by atoms with Gasteiger partial charge in [0.1, 0.15) is 29.5 Å². The van der Waals surface area contributed by atoms with E-state index in [4.69, 9.17) is 23.9 Å². The fraction of sp³-hybridized carbons (Fsp3) is 0.293. The van der Waals surface area contributed by atoms with E-state index in [0.29, 0.717) is 24.4 Å². The molecule has 1 aliphatic heterocycles. The summed E-state index contributed by atoms with van der Waals surface area (Å²) in [5.74, 6) is 0.685. The van der Waals surface area contributed by atoms with Crippen LogP contribution in [-0.2, 0) is 19.0 Å². The molecule has 1 atom stereocenters. The molecule has 0 spiro atoms. The van der Waals surface area contributed by atoms with Crippen LogP contribution in [0.3, 0.4) is 0 Å². The Morgan fingerprint density at radius 3 is 2.18 bits per heavy atom. The molecule has 1 aliphatic carbocycles. The quantitative estimate of drug-likeness (QED) is 0.0617. The summed E-state index contributed by atoms with van der Waals surface area (Å²) in [6.45, 7) is 5.09. The van der Waals surface area contributed by atoms with E-state index in [-0.39, 0.29) is 30.5 Å². The minimum absolute atomic E-state index is 0.0871. The van der Waals surface area contributed by atoms with E-state index < -0.39 is 18.2 Å². The Morgan fingerprint density at radius 2 is 1.49 bits per heavy atom. The Hall–Kier alpha value is -5.37. The van der Waals surface area contributed by atoms with Gasteiger partial charge >= 0.3 is 12.1 Å². The molecule has 0 radical (unpaired) electrons. The van der Waals surface area contributed by atoms with Crippen LogP contribution in [0, 0.1) is 0 Å². The smallest absolute Gasteiger partial charge is 0.496 e. The predicted molar refractivity (Wildman–Crippen MR) is 190 cm³/mol. The maximum absolute atomic E-state index is 14.2. The van der Waals surface area contributed by atoms with Gasteiger partial charge in [-0.15, -0.1) is 0 Å². The van der Waals surface area contributed by atoms with E-state index in [1.165, 1.54) is 0 Å². The molecule has 0 saturated heterocycles. The third-order valence-corrected chi connectivity index (χ3v) is 9.07. The highest BCUT2D eigenvalue weighted by Crippen LogP contribution is 2.45. The SMILES string of the molecule is CCCCCOC(=O)C(=C(C)OC(=O)OCC1c2ccccc2-c2ccccc21)C(c1ccccc1OC)N1CCN=C1c1ccccc1. The first-order valence-corrected chi connectivity index (χ1v) is 16.9. The van der Waals surface area contributed by atoms with Gasteiger partial charge in [-0.3, -0.25) is 4.99 Å². The lowest BCUT2D eigenvalue weighted by atomic mass is 9.94. The van der Waals surface area contributed by atoms with Crippen LogP contribution in [-0.4, -0.2) is 56.3 Å². The number of rotatable bonds is 13. The molecule has 0 N–H and O–H groups in total. The minimum Gasteiger partial charge on any atom is -0.496 e. The fourth-order valence-corrected chi connectivity index (χ4v) is 6.77. The second-order valence-corrected chi connectivity index (χ2v) is 12.1. The van der Waals surface area contributed by atoms with Crippen LogP contribution in [0.4, 0.5) is 4.79 Å². The van der Waals surface area contributed by atoms with Crippen molar-refractivity contribution in [3.05, 3.63) is 137 Å². The van der Waals surface area contributed by atoms with Crippen molar-refractivity contribution in [3.63, 3.8) is 0 Å². The summed E-state index contributed by atoms with van der Waals surface area (Å²) in [6, 6.07) is 32.9. The molecule has 0 bridgehead atoms. The Labute approximate surface area is 288 Å². The largest absolute Gasteiger partial charge is 0.513 e. The highest BCUT2D eigenvalue weighted by Gasteiger charge is 2.38. The van der Waals surface area contributed by atoms with Crippen LogP contribution < -0.4 is 4.74 Å². The standard InChI is InChI=1S/C41H42N2O6/c1-4-5-15-26-47-40(44)37(28(2)49-41(45)48-27-35-32-20-11-9-18-30(32)31-19-10-12-21-33(31)35)38(34-22-13-14-23-36(34)46-3)43-25-24-42-39(43)29-16-7-6-8-17-29/h6-14,16-23,35,38H,4-5,15,24-27H2,1-3H3. The first kappa shape index (κ1) is 33.5. The molecule has 0 aromatic heterocycles. The summed E-state index contributed by atoms with van der Waals surface area (Å²) in [4.78, 5) is 34.5. The Bertz CT molecular complexity index is 1800. The van der Waals surface area contributed by atoms with E-state index in [1.54, 1.807) is 14.0 Å². The molecule has 4 aromatic carbocycles. The summed E-state index contributed by atoms with van der Waals surface area (Å²) < 4.78 is 23.4. The van der Waals surface area contributed by atoms with Crippen molar-refractivity contribution in [1.29, 1.82) is 0 Å². The fourth-order valence-electron chi connectivity index (χ4n) is 6.77. The summed E-state index contributed by atoms with van der Waals surface area (Å²) in [6.07, 6.45) is 1.74. The molecule has 8 nitrogen and oxygen atoms in total. The van der Waals surface area contributed by atoms with Gasteiger partial charge in [-0.25, -0.2) is 9.59 Å². The maximum atomic E-state index is 14.2. The van der Waals surface area contributed by atoms with E-state index in [0.717, 1.165) is 52.9 Å². The first-order valence-electron chi connectivity index (χ1n) is 16.9. The minimum atomic E-state index is -0.896. The molecule has 6 rings (SSSR count). The monoisotopic (exact) mass is 658 g/mol. The number of unbranched alkanes of at least 4 members (excludes halogenated alkanes) is 2. The van der Waals surface area contributed by atoms with E-state index in [9.17, 15) is 9.59 Å². The number of amidine groups is 1. The third-order valence-electron chi connectivity index (χ3n) is 9.07. The Kier molecular flexibility index (Phi) is 10.7. The van der Waals surface area contributed by atoms with Crippen molar-refractivity contribution in [2.75, 3.05) is 33.4 Å². The first-order chi connectivity index (χ1) is 24.0. The molecule has 49 heavy (non-hydrogen) atoms. The second kappa shape index (κ2) is 15.7. The normalized spacial score (nSPS) is 14.7. The molecule has 0 amide bonds. The Balaban J connectivity index is 1.34. The molecule has 1 heterocycles. The lowest BCUT2D eigenvalue weighted by Gasteiger charge is -2.33. The van der Waals surface area contributed by atoms with Gasteiger partial charge in [0.25, 0.3) is 0 Å². The van der Waals surface area contributed by atoms with Crippen molar-refractivity contribution in [2.24, 2.45) is 4.99 Å². The predicted octanol–water partition coefficient (Wildman–Crippen LogP) is 8.47. The number of carbonyl (C=O) groups excluding carboxylic acids is 2. The van der Waals surface area contributed by atoms with Gasteiger partial charge in [0.2, 0.25) is 0 Å². The number of para-hydroxylation sites is 1. The number of hydrogen-bond acceptors (Lipinski definition) is 8. The number of carbonyl (C=O) groups is 2. The van der Waals surface area contributed by atoms with Crippen molar-refractivity contribution in [2.45, 2.75) is 45.1 Å². The van der Waals surface area contributed by atoms with Gasteiger partial charge < -0.3 is 23.8 Å². The number of methoxy groups -OCH3 is 1. The van der Waals surface area contributed by atoms with Crippen molar-refractivity contribution >= 4 is 18.0 Å². The zero-order chi connectivity index (χ0) is 34.2. The molecule has 0 fully saturated rings. The third kappa shape index (κ3) is 7.23. The van der Waals surface area contributed by atoms with Gasteiger partial charge in [0.05, 0.1) is 26.3 Å². The van der Waals surface area contributed by atoms with Crippen molar-refractivity contribution in [3.8, 4) is 16.9 Å². The maximum Gasteiger partial charge on any atom is 0.513 e. The number of hydrogen-bond donors (Lipinski definition) is 0. The van der Waals surface area contributed by atoms with E-state index in [1.807, 2.05) is 78.9 Å². The molecule has 2 aliphatic rings. The van der Waals surface area contributed by atoms with Gasteiger partial charge in [-0.1, -0.05) is 117 Å². The zero-order valence-electron chi connectivity index (χ0n) is 28.3. The number of aliphatic imine (C=N–C) groups is 1. The molecule has 8 heteroatoms. The van der Waals surface area contributed by atoms with E-state index in [2.05, 4.69) is 36.1 Å². The number of benzene rings is 4. The molecule has 1 unspecified atom stereocenters. The highest BCUT2D eigenvalue weighted by atomic mass is 16.7. The molecule has 4 aromatic rings. The summed E-state index contributed by atoms with van der Waals surface area (Å²) >= 11 is 0. The average molecular weight is 659 g/mol. The summed E-state index contributed by atoms with van der Waals surface area (Å²) in [7, 11) is 1.60. The van der Waals surface area contributed by atoms with Crippen molar-refractivity contribution < 1.29 is 28.5 Å². The van der Waals surface area contributed by atoms with Crippen LogP contribution in [0.1, 0.15) is 67.3 Å². The molecule has 0 saturated carbocycles.